The second kappa shape index (κ2) is 7.55. The van der Waals surface area contributed by atoms with Gasteiger partial charge in [0.1, 0.15) is 0 Å². The lowest BCUT2D eigenvalue weighted by atomic mass is 10.1. The maximum atomic E-state index is 5.47. The zero-order chi connectivity index (χ0) is 10.2. The lowest BCUT2D eigenvalue weighted by Crippen LogP contribution is -2.24. The molecular weight excluding hydrogens is 194 g/mol. The van der Waals surface area contributed by atoms with Crippen molar-refractivity contribution in [2.45, 2.75) is 32.8 Å². The highest BCUT2D eigenvalue weighted by Gasteiger charge is 2.14. The quantitative estimate of drug-likeness (QED) is 0.660. The van der Waals surface area contributed by atoms with E-state index in [1.165, 1.54) is 24.5 Å². The minimum absolute atomic E-state index is 0.376. The molecule has 0 aliphatic carbocycles. The van der Waals surface area contributed by atoms with Crippen LogP contribution in [0, 0.1) is 5.92 Å². The number of hydrogen-bond donors (Lipinski definition) is 1. The van der Waals surface area contributed by atoms with E-state index in [0.717, 1.165) is 25.5 Å². The Balaban J connectivity index is 1.79. The molecule has 84 valence electrons. The zero-order valence-electron chi connectivity index (χ0n) is 9.42. The molecule has 1 saturated heterocycles. The first-order valence-electron chi connectivity index (χ1n) is 5.69. The van der Waals surface area contributed by atoms with Gasteiger partial charge in [-0.1, -0.05) is 0 Å². The van der Waals surface area contributed by atoms with Gasteiger partial charge < -0.3 is 10.1 Å². The summed E-state index contributed by atoms with van der Waals surface area (Å²) >= 11 is 2.09. The molecule has 1 unspecified atom stereocenters. The molecule has 3 heteroatoms. The van der Waals surface area contributed by atoms with Crippen molar-refractivity contribution in [1.29, 1.82) is 0 Å². The van der Waals surface area contributed by atoms with Gasteiger partial charge in [-0.2, -0.15) is 11.8 Å². The predicted octanol–water partition coefficient (Wildman–Crippen LogP) is 2.14. The van der Waals surface area contributed by atoms with Crippen molar-refractivity contribution < 1.29 is 4.74 Å². The van der Waals surface area contributed by atoms with Crippen LogP contribution in [0.5, 0.6) is 0 Å². The summed E-state index contributed by atoms with van der Waals surface area (Å²) < 4.78 is 5.47. The first-order chi connectivity index (χ1) is 6.79. The third-order valence-corrected chi connectivity index (χ3v) is 3.64. The Morgan fingerprint density at radius 3 is 3.00 bits per heavy atom. The van der Waals surface area contributed by atoms with Gasteiger partial charge in [-0.05, 0) is 57.2 Å². The van der Waals surface area contributed by atoms with Crippen LogP contribution in [0.4, 0.5) is 0 Å². The van der Waals surface area contributed by atoms with Crippen LogP contribution in [-0.2, 0) is 4.74 Å². The third-order valence-electron chi connectivity index (χ3n) is 2.41. The molecule has 2 nitrogen and oxygen atoms in total. The minimum Gasteiger partial charge on any atom is -0.379 e. The Morgan fingerprint density at radius 2 is 2.36 bits per heavy atom. The van der Waals surface area contributed by atoms with Crippen LogP contribution in [0.3, 0.4) is 0 Å². The van der Waals surface area contributed by atoms with Crippen LogP contribution in [0.2, 0.25) is 0 Å². The van der Waals surface area contributed by atoms with Crippen LogP contribution >= 0.6 is 11.8 Å². The first-order valence-corrected chi connectivity index (χ1v) is 6.84. The summed E-state index contributed by atoms with van der Waals surface area (Å²) in [5.74, 6) is 3.64. The number of hydrogen-bond acceptors (Lipinski definition) is 3. The van der Waals surface area contributed by atoms with E-state index >= 15 is 0 Å². The van der Waals surface area contributed by atoms with Gasteiger partial charge in [0.2, 0.25) is 0 Å². The van der Waals surface area contributed by atoms with Crippen molar-refractivity contribution >= 4 is 11.8 Å². The molecule has 1 aliphatic rings. The van der Waals surface area contributed by atoms with Gasteiger partial charge in [0.15, 0.2) is 0 Å². The molecule has 1 aliphatic heterocycles. The van der Waals surface area contributed by atoms with Crippen LogP contribution in [0.15, 0.2) is 0 Å². The average Bonchev–Trinajstić information content (AvgIpc) is 2.63. The Hall–Kier alpha value is 0.270. The van der Waals surface area contributed by atoms with Crippen molar-refractivity contribution in [3.63, 3.8) is 0 Å². The van der Waals surface area contributed by atoms with Crippen LogP contribution in [-0.4, -0.2) is 37.3 Å². The molecule has 0 amide bonds. The molecule has 0 radical (unpaired) electrons. The highest BCUT2D eigenvalue weighted by atomic mass is 32.2. The van der Waals surface area contributed by atoms with E-state index in [-0.39, 0.29) is 0 Å². The minimum atomic E-state index is 0.376. The standard InChI is InChI=1S/C11H23NOS/c1-10(2)13-6-3-5-12-8-11-4-7-14-9-11/h10-12H,3-9H2,1-2H3. The highest BCUT2D eigenvalue weighted by molar-refractivity contribution is 7.99. The van der Waals surface area contributed by atoms with E-state index in [1.54, 1.807) is 0 Å². The molecule has 1 rings (SSSR count). The molecule has 1 heterocycles. The van der Waals surface area contributed by atoms with Gasteiger partial charge in [-0.15, -0.1) is 0 Å². The summed E-state index contributed by atoms with van der Waals surface area (Å²) in [5.41, 5.74) is 0. The maximum absolute atomic E-state index is 5.47. The number of nitrogens with one attached hydrogen (secondary N) is 1. The second-order valence-electron chi connectivity index (χ2n) is 4.21. The summed E-state index contributed by atoms with van der Waals surface area (Å²) in [5, 5.41) is 3.51. The SMILES string of the molecule is CC(C)OCCCNCC1CCSC1. The number of ether oxygens (including phenoxy) is 1. The fourth-order valence-corrected chi connectivity index (χ4v) is 2.85. The molecule has 0 saturated carbocycles. The predicted molar refractivity (Wildman–Crippen MR) is 64.0 cm³/mol. The molecule has 1 N–H and O–H groups in total. The molecule has 0 aromatic carbocycles. The fourth-order valence-electron chi connectivity index (χ4n) is 1.57. The summed E-state index contributed by atoms with van der Waals surface area (Å²) in [6.07, 6.45) is 2.92. The van der Waals surface area contributed by atoms with Gasteiger partial charge in [-0.25, -0.2) is 0 Å². The van der Waals surface area contributed by atoms with Crippen LogP contribution < -0.4 is 5.32 Å². The molecule has 0 aromatic rings. The topological polar surface area (TPSA) is 21.3 Å². The summed E-state index contributed by atoms with van der Waals surface area (Å²) in [7, 11) is 0. The van der Waals surface area contributed by atoms with Crippen molar-refractivity contribution in [1.82, 2.24) is 5.32 Å². The van der Waals surface area contributed by atoms with E-state index in [2.05, 4.69) is 30.9 Å². The van der Waals surface area contributed by atoms with Gasteiger partial charge in [0, 0.05) is 6.61 Å². The molecule has 0 spiro atoms. The van der Waals surface area contributed by atoms with E-state index in [4.69, 9.17) is 4.74 Å². The molecule has 1 fully saturated rings. The second-order valence-corrected chi connectivity index (χ2v) is 5.36. The fraction of sp³-hybridized carbons (Fsp3) is 1.00. The number of rotatable bonds is 7. The Morgan fingerprint density at radius 1 is 1.50 bits per heavy atom. The number of thioether (sulfide) groups is 1. The van der Waals surface area contributed by atoms with E-state index in [1.807, 2.05) is 0 Å². The van der Waals surface area contributed by atoms with E-state index in [9.17, 15) is 0 Å². The van der Waals surface area contributed by atoms with Crippen LogP contribution in [0.1, 0.15) is 26.7 Å². The summed E-state index contributed by atoms with van der Waals surface area (Å²) in [6, 6.07) is 0. The normalized spacial score (nSPS) is 22.1. The lowest BCUT2D eigenvalue weighted by Gasteiger charge is -2.10. The van der Waals surface area contributed by atoms with E-state index < -0.39 is 0 Å². The zero-order valence-corrected chi connectivity index (χ0v) is 10.2. The first kappa shape index (κ1) is 12.3. The molecule has 0 aromatic heterocycles. The Labute approximate surface area is 92.2 Å². The van der Waals surface area contributed by atoms with Crippen molar-refractivity contribution in [2.24, 2.45) is 5.92 Å². The third kappa shape index (κ3) is 5.89. The van der Waals surface area contributed by atoms with Crippen molar-refractivity contribution in [2.75, 3.05) is 31.2 Å². The van der Waals surface area contributed by atoms with Crippen molar-refractivity contribution in [3.05, 3.63) is 0 Å². The van der Waals surface area contributed by atoms with Gasteiger partial charge in [0.25, 0.3) is 0 Å². The summed E-state index contributed by atoms with van der Waals surface area (Å²) in [6.45, 7) is 7.37. The average molecular weight is 217 g/mol. The lowest BCUT2D eigenvalue weighted by molar-refractivity contribution is 0.0770. The monoisotopic (exact) mass is 217 g/mol. The van der Waals surface area contributed by atoms with Gasteiger partial charge >= 0.3 is 0 Å². The van der Waals surface area contributed by atoms with Gasteiger partial charge in [0.05, 0.1) is 6.10 Å². The molecule has 1 atom stereocenters. The highest BCUT2D eigenvalue weighted by Crippen LogP contribution is 2.22. The maximum Gasteiger partial charge on any atom is 0.0518 e. The molecular formula is C11H23NOS. The molecule has 14 heavy (non-hydrogen) atoms. The van der Waals surface area contributed by atoms with E-state index in [0.29, 0.717) is 6.10 Å². The largest absolute Gasteiger partial charge is 0.379 e. The smallest absolute Gasteiger partial charge is 0.0518 e. The van der Waals surface area contributed by atoms with Crippen LogP contribution in [0.25, 0.3) is 0 Å². The van der Waals surface area contributed by atoms with Gasteiger partial charge in [-0.3, -0.25) is 0 Å². The van der Waals surface area contributed by atoms with Crippen molar-refractivity contribution in [3.8, 4) is 0 Å². The molecule has 0 bridgehead atoms. The Bertz CT molecular complexity index is 135. The Kier molecular flexibility index (Phi) is 6.65. The summed E-state index contributed by atoms with van der Waals surface area (Å²) in [4.78, 5) is 0.